The molecule has 1 aliphatic rings. The molecule has 11 heteroatoms. The number of non-ortho nitro benzene ring substituents is 1. The van der Waals surface area contributed by atoms with E-state index in [1.807, 2.05) is 0 Å². The van der Waals surface area contributed by atoms with Crippen molar-refractivity contribution in [3.8, 4) is 17.1 Å². The van der Waals surface area contributed by atoms with Gasteiger partial charge in [-0.2, -0.15) is 0 Å². The second-order valence-electron chi connectivity index (χ2n) is 6.32. The summed E-state index contributed by atoms with van der Waals surface area (Å²) in [6, 6.07) is 6.15. The lowest BCUT2D eigenvalue weighted by atomic mass is 10.1. The summed E-state index contributed by atoms with van der Waals surface area (Å²) in [6.07, 6.45) is 1.37. The van der Waals surface area contributed by atoms with E-state index in [2.05, 4.69) is 0 Å². The number of rotatable bonds is 7. The quantitative estimate of drug-likeness (QED) is 0.269. The molecule has 0 bridgehead atoms. The number of carbonyl (C=O) groups is 3. The normalized spacial score (nSPS) is 16.0. The number of nitrogens with zero attached hydrogens (tertiary/aromatic N) is 2. The zero-order valence-corrected chi connectivity index (χ0v) is 17.6. The van der Waals surface area contributed by atoms with Gasteiger partial charge in [0.15, 0.2) is 0 Å². The molecule has 0 spiro atoms. The van der Waals surface area contributed by atoms with E-state index in [0.29, 0.717) is 23.1 Å². The molecule has 0 aliphatic carbocycles. The second kappa shape index (κ2) is 9.04. The van der Waals surface area contributed by atoms with E-state index in [4.69, 9.17) is 13.9 Å². The maximum absolute atomic E-state index is 12.6. The molecule has 2 aromatic rings. The topological polar surface area (TPSA) is 129 Å². The van der Waals surface area contributed by atoms with Crippen molar-refractivity contribution in [3.63, 3.8) is 0 Å². The summed E-state index contributed by atoms with van der Waals surface area (Å²) in [7, 11) is 1.43. The zero-order valence-electron chi connectivity index (χ0n) is 16.8. The van der Waals surface area contributed by atoms with Crippen LogP contribution in [0.4, 0.5) is 10.5 Å². The molecule has 10 nitrogen and oxygen atoms in total. The fourth-order valence-electron chi connectivity index (χ4n) is 2.89. The maximum Gasteiger partial charge on any atom is 0.329 e. The molecule has 1 aromatic carbocycles. The first-order valence-electron chi connectivity index (χ1n) is 9.13. The molecule has 1 fully saturated rings. The number of hydrogen-bond acceptors (Lipinski definition) is 9. The zero-order chi connectivity index (χ0) is 22.7. The highest BCUT2D eigenvalue weighted by Gasteiger charge is 2.41. The summed E-state index contributed by atoms with van der Waals surface area (Å²) < 4.78 is 15.8. The summed E-state index contributed by atoms with van der Waals surface area (Å²) in [4.78, 5) is 48.3. The van der Waals surface area contributed by atoms with Crippen LogP contribution in [0.15, 0.2) is 39.7 Å². The monoisotopic (exact) mass is 446 g/mol. The Morgan fingerprint density at radius 2 is 2.06 bits per heavy atom. The Kier molecular flexibility index (Phi) is 6.44. The molecule has 31 heavy (non-hydrogen) atoms. The van der Waals surface area contributed by atoms with Crippen LogP contribution in [0.3, 0.4) is 0 Å². The Hall–Kier alpha value is -3.60. The number of nitro groups is 1. The number of nitro benzene ring substituents is 1. The molecular formula is C20H18N2O8S. The summed E-state index contributed by atoms with van der Waals surface area (Å²) in [5, 5.41) is 10.5. The van der Waals surface area contributed by atoms with Crippen LogP contribution in [-0.4, -0.2) is 46.7 Å². The van der Waals surface area contributed by atoms with Gasteiger partial charge in [0.1, 0.15) is 23.3 Å². The van der Waals surface area contributed by atoms with E-state index in [0.717, 1.165) is 4.90 Å². The number of hydrogen-bond donors (Lipinski definition) is 0. The van der Waals surface area contributed by atoms with Crippen LogP contribution in [0.5, 0.6) is 5.75 Å². The smallest absolute Gasteiger partial charge is 0.329 e. The van der Waals surface area contributed by atoms with Crippen molar-refractivity contribution < 1.29 is 33.2 Å². The van der Waals surface area contributed by atoms with E-state index >= 15 is 0 Å². The standard InChI is InChI=1S/C20H18N2O8S/c1-4-29-19(24)11(2)21-18(23)17(31-20(21)25)10-13-6-8-16(30-13)14-9-12(22(26)27)5-7-15(14)28-3/h5-11H,4H2,1-3H3/b17-10+/t11-/m0/s1. The van der Waals surface area contributed by atoms with Gasteiger partial charge in [-0.25, -0.2) is 4.79 Å². The number of furan rings is 1. The summed E-state index contributed by atoms with van der Waals surface area (Å²) in [5.41, 5.74) is 0.225. The van der Waals surface area contributed by atoms with Crippen molar-refractivity contribution in [2.45, 2.75) is 19.9 Å². The first-order chi connectivity index (χ1) is 14.8. The van der Waals surface area contributed by atoms with Crippen molar-refractivity contribution in [3.05, 3.63) is 51.1 Å². The van der Waals surface area contributed by atoms with Gasteiger partial charge in [0, 0.05) is 18.2 Å². The minimum Gasteiger partial charge on any atom is -0.496 e. The highest BCUT2D eigenvalue weighted by atomic mass is 32.2. The molecule has 1 saturated heterocycles. The van der Waals surface area contributed by atoms with E-state index in [1.165, 1.54) is 38.3 Å². The van der Waals surface area contributed by atoms with Crippen molar-refractivity contribution in [2.75, 3.05) is 13.7 Å². The Bertz CT molecular complexity index is 1090. The second-order valence-corrected chi connectivity index (χ2v) is 7.32. The lowest BCUT2D eigenvalue weighted by Crippen LogP contribution is -2.42. The molecule has 3 rings (SSSR count). The van der Waals surface area contributed by atoms with E-state index < -0.39 is 28.1 Å². The van der Waals surface area contributed by atoms with Crippen molar-refractivity contribution >= 4 is 40.6 Å². The molecule has 0 unspecified atom stereocenters. The molecule has 0 N–H and O–H groups in total. The molecular weight excluding hydrogens is 428 g/mol. The van der Waals surface area contributed by atoms with Crippen molar-refractivity contribution in [1.82, 2.24) is 4.90 Å². The molecule has 1 atom stereocenters. The van der Waals surface area contributed by atoms with E-state index in [1.54, 1.807) is 19.1 Å². The fraction of sp³-hybridized carbons (Fsp3) is 0.250. The maximum atomic E-state index is 12.6. The van der Waals surface area contributed by atoms with Gasteiger partial charge in [-0.15, -0.1) is 0 Å². The van der Waals surface area contributed by atoms with Gasteiger partial charge in [0.05, 0.1) is 29.1 Å². The molecule has 2 heterocycles. The van der Waals surface area contributed by atoms with Crippen LogP contribution >= 0.6 is 11.8 Å². The molecule has 162 valence electrons. The minimum absolute atomic E-state index is 0.0769. The number of ether oxygens (including phenoxy) is 2. The van der Waals surface area contributed by atoms with Crippen LogP contribution in [0, 0.1) is 10.1 Å². The largest absolute Gasteiger partial charge is 0.496 e. The van der Waals surface area contributed by atoms with Crippen molar-refractivity contribution in [2.24, 2.45) is 0 Å². The third kappa shape index (κ3) is 4.45. The van der Waals surface area contributed by atoms with Gasteiger partial charge in [0.2, 0.25) is 0 Å². The first kappa shape index (κ1) is 22.1. The molecule has 1 aromatic heterocycles. The first-order valence-corrected chi connectivity index (χ1v) is 9.94. The molecule has 1 aliphatic heterocycles. The molecule has 2 amide bonds. The van der Waals surface area contributed by atoms with Crippen LogP contribution in [-0.2, 0) is 14.3 Å². The number of carbonyl (C=O) groups excluding carboxylic acids is 3. The van der Waals surface area contributed by atoms with Crippen molar-refractivity contribution in [1.29, 1.82) is 0 Å². The number of benzene rings is 1. The van der Waals surface area contributed by atoms with Gasteiger partial charge < -0.3 is 13.9 Å². The summed E-state index contributed by atoms with van der Waals surface area (Å²) in [5.74, 6) is -0.413. The van der Waals surface area contributed by atoms with Gasteiger partial charge in [-0.05, 0) is 43.8 Å². The Labute approximate surface area is 180 Å². The third-order valence-corrected chi connectivity index (χ3v) is 5.28. The third-order valence-electron chi connectivity index (χ3n) is 4.40. The van der Waals surface area contributed by atoms with Crippen LogP contribution in [0.1, 0.15) is 19.6 Å². The average Bonchev–Trinajstić information content (AvgIpc) is 3.31. The van der Waals surface area contributed by atoms with Crippen LogP contribution < -0.4 is 4.74 Å². The number of imide groups is 1. The summed E-state index contributed by atoms with van der Waals surface area (Å²) in [6.45, 7) is 3.17. The van der Waals surface area contributed by atoms with Gasteiger partial charge in [-0.1, -0.05) is 0 Å². The van der Waals surface area contributed by atoms with E-state index in [-0.39, 0.29) is 28.7 Å². The summed E-state index contributed by atoms with van der Waals surface area (Å²) >= 11 is 0.676. The Morgan fingerprint density at radius 1 is 1.32 bits per heavy atom. The molecule has 0 radical (unpaired) electrons. The average molecular weight is 446 g/mol. The highest BCUT2D eigenvalue weighted by Crippen LogP contribution is 2.37. The number of thioether (sulfide) groups is 1. The van der Waals surface area contributed by atoms with Crippen LogP contribution in [0.2, 0.25) is 0 Å². The molecule has 0 saturated carbocycles. The fourth-order valence-corrected chi connectivity index (χ4v) is 3.78. The predicted octanol–water partition coefficient (Wildman–Crippen LogP) is 3.85. The minimum atomic E-state index is -1.06. The van der Waals surface area contributed by atoms with Gasteiger partial charge in [-0.3, -0.25) is 24.6 Å². The number of methoxy groups -OCH3 is 1. The van der Waals surface area contributed by atoms with Gasteiger partial charge in [0.25, 0.3) is 16.8 Å². The Morgan fingerprint density at radius 3 is 2.71 bits per heavy atom. The lowest BCUT2D eigenvalue weighted by Gasteiger charge is -2.19. The van der Waals surface area contributed by atoms with Gasteiger partial charge >= 0.3 is 5.97 Å². The number of esters is 1. The van der Waals surface area contributed by atoms with E-state index in [9.17, 15) is 24.5 Å². The lowest BCUT2D eigenvalue weighted by molar-refractivity contribution is -0.384. The number of amides is 2. The predicted molar refractivity (Wildman–Crippen MR) is 111 cm³/mol. The Balaban J connectivity index is 1.88. The van der Waals surface area contributed by atoms with Crippen LogP contribution in [0.25, 0.3) is 17.4 Å². The SMILES string of the molecule is CCOC(=O)[C@H](C)N1C(=O)S/C(=C/c2ccc(-c3cc([N+](=O)[O-])ccc3OC)o2)C1=O. The highest BCUT2D eigenvalue weighted by molar-refractivity contribution is 8.18.